The number of nitrogens with zero attached hydrogens (tertiary/aromatic N) is 3. The zero-order valence-corrected chi connectivity index (χ0v) is 9.20. The van der Waals surface area contributed by atoms with E-state index in [9.17, 15) is 9.59 Å². The van der Waals surface area contributed by atoms with Crippen LogP contribution >= 0.6 is 0 Å². The van der Waals surface area contributed by atoms with Crippen LogP contribution in [0.1, 0.15) is 0 Å². The van der Waals surface area contributed by atoms with Crippen LogP contribution in [0.3, 0.4) is 0 Å². The van der Waals surface area contributed by atoms with E-state index in [0.717, 1.165) is 0 Å². The van der Waals surface area contributed by atoms with Gasteiger partial charge in [0.05, 0.1) is 0 Å². The lowest BCUT2D eigenvalue weighted by Crippen LogP contribution is -2.18. The van der Waals surface area contributed by atoms with Gasteiger partial charge in [0.1, 0.15) is 11.0 Å². The molecule has 6 nitrogen and oxygen atoms in total. The third-order valence-electron chi connectivity index (χ3n) is 2.47. The number of rotatable bonds is 1. The lowest BCUT2D eigenvalue weighted by molar-refractivity contribution is 0.756. The highest BCUT2D eigenvalue weighted by Crippen LogP contribution is 2.08. The van der Waals surface area contributed by atoms with Gasteiger partial charge in [-0.15, -0.1) is 15.0 Å². The van der Waals surface area contributed by atoms with Crippen molar-refractivity contribution in [2.24, 2.45) is 0 Å². The van der Waals surface area contributed by atoms with Crippen molar-refractivity contribution in [3.8, 4) is 5.69 Å². The molecule has 0 unspecified atom stereocenters. The maximum atomic E-state index is 11.8. The van der Waals surface area contributed by atoms with E-state index in [1.165, 1.54) is 23.0 Å². The maximum absolute atomic E-state index is 11.8. The topological polar surface area (TPSA) is 80.6 Å². The average Bonchev–Trinajstić information content (AvgIpc) is 2.69. The van der Waals surface area contributed by atoms with E-state index in [1.54, 1.807) is 12.1 Å². The van der Waals surface area contributed by atoms with E-state index >= 15 is 0 Å². The number of hydrogen-bond donors (Lipinski definition) is 1. The molecule has 0 radical (unpaired) electrons. The summed E-state index contributed by atoms with van der Waals surface area (Å²) in [4.78, 5) is 26.3. The molecule has 0 amide bonds. The Kier molecular flexibility index (Phi) is 2.26. The standard InChI is InChI=1S/C12H8N4O2/c17-11-7-3-6-10(12(18)13-11)16-14-8-4-1-2-5-9(8)15-16/h1-7H,(H,13,17,18). The molecule has 3 rings (SSSR count). The van der Waals surface area contributed by atoms with E-state index < -0.39 is 11.1 Å². The number of aromatic nitrogens is 4. The molecular weight excluding hydrogens is 232 g/mol. The lowest BCUT2D eigenvalue weighted by atomic mass is 10.3. The second-order valence-corrected chi connectivity index (χ2v) is 3.71. The van der Waals surface area contributed by atoms with Gasteiger partial charge < -0.3 is 0 Å². The summed E-state index contributed by atoms with van der Waals surface area (Å²) in [5, 5.41) is 8.37. The summed E-state index contributed by atoms with van der Waals surface area (Å²) in [6.07, 6.45) is 0. The van der Waals surface area contributed by atoms with Crippen LogP contribution in [-0.4, -0.2) is 20.0 Å². The molecular formula is C12H8N4O2. The SMILES string of the molecule is O=c1cccc(-n2nc3ccccc3n2)c(=O)[nH]1. The number of H-pyrrole nitrogens is 1. The van der Waals surface area contributed by atoms with Gasteiger partial charge in [0, 0.05) is 6.07 Å². The number of nitrogens with one attached hydrogen (secondary N) is 1. The molecule has 0 spiro atoms. The zero-order chi connectivity index (χ0) is 12.5. The number of benzene rings is 1. The Morgan fingerprint density at radius 2 is 1.56 bits per heavy atom. The predicted octanol–water partition coefficient (Wildman–Crippen LogP) is 0.469. The highest BCUT2D eigenvalue weighted by atomic mass is 16.2. The molecule has 1 aromatic carbocycles. The van der Waals surface area contributed by atoms with Crippen LogP contribution in [0.15, 0.2) is 52.1 Å². The molecule has 0 saturated carbocycles. The molecule has 0 aliphatic rings. The summed E-state index contributed by atoms with van der Waals surface area (Å²) >= 11 is 0. The van der Waals surface area contributed by atoms with E-state index in [4.69, 9.17) is 0 Å². The van der Waals surface area contributed by atoms with Crippen molar-refractivity contribution in [3.63, 3.8) is 0 Å². The van der Waals surface area contributed by atoms with Crippen molar-refractivity contribution >= 4 is 11.0 Å². The van der Waals surface area contributed by atoms with Crippen molar-refractivity contribution < 1.29 is 0 Å². The second kappa shape index (κ2) is 3.92. The van der Waals surface area contributed by atoms with E-state index in [0.29, 0.717) is 11.0 Å². The van der Waals surface area contributed by atoms with Crippen LogP contribution in [0.4, 0.5) is 0 Å². The van der Waals surface area contributed by atoms with Crippen molar-refractivity contribution in [2.75, 3.05) is 0 Å². The van der Waals surface area contributed by atoms with Gasteiger partial charge in [0.25, 0.3) is 11.1 Å². The van der Waals surface area contributed by atoms with Crippen LogP contribution in [-0.2, 0) is 0 Å². The van der Waals surface area contributed by atoms with E-state index in [2.05, 4.69) is 15.2 Å². The first kappa shape index (κ1) is 10.4. The summed E-state index contributed by atoms with van der Waals surface area (Å²) in [7, 11) is 0. The van der Waals surface area contributed by atoms with Crippen molar-refractivity contribution in [2.45, 2.75) is 0 Å². The lowest BCUT2D eigenvalue weighted by Gasteiger charge is -1.91. The summed E-state index contributed by atoms with van der Waals surface area (Å²) < 4.78 is 0. The first-order valence-corrected chi connectivity index (χ1v) is 5.30. The predicted molar refractivity (Wildman–Crippen MR) is 65.8 cm³/mol. The molecule has 0 aliphatic carbocycles. The molecule has 6 heteroatoms. The van der Waals surface area contributed by atoms with Gasteiger partial charge in [-0.25, -0.2) is 0 Å². The quantitative estimate of drug-likeness (QED) is 0.670. The van der Waals surface area contributed by atoms with Gasteiger partial charge in [-0.2, -0.15) is 0 Å². The summed E-state index contributed by atoms with van der Waals surface area (Å²) in [5.41, 5.74) is 0.595. The van der Waals surface area contributed by atoms with Crippen LogP contribution in [0, 0.1) is 0 Å². The monoisotopic (exact) mass is 240 g/mol. The van der Waals surface area contributed by atoms with Crippen LogP contribution in [0.25, 0.3) is 16.7 Å². The molecule has 2 heterocycles. The Hall–Kier alpha value is -2.76. The largest absolute Gasteiger partial charge is 0.287 e. The molecule has 0 bridgehead atoms. The molecule has 88 valence electrons. The fourth-order valence-electron chi connectivity index (χ4n) is 1.64. The van der Waals surface area contributed by atoms with E-state index in [-0.39, 0.29) is 5.69 Å². The minimum atomic E-state index is -0.523. The van der Waals surface area contributed by atoms with Gasteiger partial charge >= 0.3 is 0 Å². The Labute approximate surface area is 101 Å². The van der Waals surface area contributed by atoms with Crippen molar-refractivity contribution in [3.05, 3.63) is 63.2 Å². The number of hydrogen-bond acceptors (Lipinski definition) is 4. The van der Waals surface area contributed by atoms with Crippen LogP contribution in [0.2, 0.25) is 0 Å². The molecule has 0 fully saturated rings. The zero-order valence-electron chi connectivity index (χ0n) is 9.20. The van der Waals surface area contributed by atoms with Gasteiger partial charge in [-0.3, -0.25) is 14.6 Å². The Morgan fingerprint density at radius 1 is 0.889 bits per heavy atom. The molecule has 3 aromatic rings. The van der Waals surface area contributed by atoms with Crippen LogP contribution in [0.5, 0.6) is 0 Å². The molecule has 0 saturated heterocycles. The smallest absolute Gasteiger partial charge is 0.278 e. The normalized spacial score (nSPS) is 10.7. The highest BCUT2D eigenvalue weighted by molar-refractivity contribution is 5.73. The molecule has 18 heavy (non-hydrogen) atoms. The average molecular weight is 240 g/mol. The Morgan fingerprint density at radius 3 is 2.22 bits per heavy atom. The minimum Gasteiger partial charge on any atom is -0.287 e. The summed E-state index contributed by atoms with van der Waals surface area (Å²) in [5.74, 6) is 0. The molecule has 0 aliphatic heterocycles. The molecule has 2 aromatic heterocycles. The van der Waals surface area contributed by atoms with Gasteiger partial charge in [-0.05, 0) is 18.2 Å². The third kappa shape index (κ3) is 1.69. The second-order valence-electron chi connectivity index (χ2n) is 3.71. The van der Waals surface area contributed by atoms with Crippen LogP contribution < -0.4 is 11.1 Å². The third-order valence-corrected chi connectivity index (χ3v) is 2.47. The van der Waals surface area contributed by atoms with E-state index in [1.807, 2.05) is 12.1 Å². The summed E-state index contributed by atoms with van der Waals surface area (Å²) in [6.45, 7) is 0. The Balaban J connectivity index is 2.30. The van der Waals surface area contributed by atoms with Gasteiger partial charge in [0.2, 0.25) is 0 Å². The maximum Gasteiger partial charge on any atom is 0.278 e. The van der Waals surface area contributed by atoms with Gasteiger partial charge in [-0.1, -0.05) is 18.2 Å². The number of aromatic amines is 1. The fourth-order valence-corrected chi connectivity index (χ4v) is 1.64. The highest BCUT2D eigenvalue weighted by Gasteiger charge is 2.06. The molecule has 0 atom stereocenters. The minimum absolute atomic E-state index is 0.202. The fraction of sp³-hybridized carbons (Fsp3) is 0. The van der Waals surface area contributed by atoms with Crippen molar-refractivity contribution in [1.82, 2.24) is 20.0 Å². The number of fused-ring (bicyclic) bond motifs is 1. The molecule has 1 N–H and O–H groups in total. The Bertz CT molecular complexity index is 802. The first-order chi connectivity index (χ1) is 8.74. The first-order valence-electron chi connectivity index (χ1n) is 5.30. The van der Waals surface area contributed by atoms with Gasteiger partial charge in [0.15, 0.2) is 5.69 Å². The summed E-state index contributed by atoms with van der Waals surface area (Å²) in [6, 6.07) is 11.5. The van der Waals surface area contributed by atoms with Crippen molar-refractivity contribution in [1.29, 1.82) is 0 Å².